The Kier molecular flexibility index (Phi) is 5.05. The molecule has 26 heavy (non-hydrogen) atoms. The number of para-hydroxylation sites is 1. The first kappa shape index (κ1) is 17.3. The molecule has 1 aliphatic heterocycles. The highest BCUT2D eigenvalue weighted by atomic mass is 15.1. The van der Waals surface area contributed by atoms with Crippen molar-refractivity contribution < 1.29 is 0 Å². The molecule has 3 N–H and O–H groups in total. The third kappa shape index (κ3) is 3.67. The second-order valence-electron chi connectivity index (χ2n) is 7.50. The van der Waals surface area contributed by atoms with Gasteiger partial charge < -0.3 is 10.7 Å². The number of benzene rings is 2. The number of hydrogen-bond donors (Lipinski definition) is 2. The number of rotatable bonds is 5. The molecule has 3 aromatic rings. The normalized spacial score (nSPS) is 16.4. The van der Waals surface area contributed by atoms with Crippen LogP contribution in [0.2, 0.25) is 0 Å². The number of nitrogens with two attached hydrogens (primary N) is 1. The van der Waals surface area contributed by atoms with Gasteiger partial charge in [-0.15, -0.1) is 0 Å². The van der Waals surface area contributed by atoms with Crippen LogP contribution < -0.4 is 5.73 Å². The lowest BCUT2D eigenvalue weighted by Crippen LogP contribution is -2.32. The molecule has 2 heterocycles. The average molecular weight is 348 g/mol. The number of imidazole rings is 1. The minimum Gasteiger partial charge on any atom is -0.342 e. The van der Waals surface area contributed by atoms with Crippen LogP contribution in [0.3, 0.4) is 0 Å². The first-order valence-corrected chi connectivity index (χ1v) is 9.68. The quantitative estimate of drug-likeness (QED) is 0.738. The van der Waals surface area contributed by atoms with Crippen molar-refractivity contribution in [3.05, 3.63) is 65.0 Å². The third-order valence-corrected chi connectivity index (χ3v) is 5.57. The molecule has 0 radical (unpaired) electrons. The smallest absolute Gasteiger partial charge is 0.110 e. The largest absolute Gasteiger partial charge is 0.342 e. The number of aryl methyl sites for hydroxylation is 1. The van der Waals surface area contributed by atoms with Crippen molar-refractivity contribution in [3.8, 4) is 0 Å². The van der Waals surface area contributed by atoms with Gasteiger partial charge in [-0.25, -0.2) is 4.98 Å². The lowest BCUT2D eigenvalue weighted by Gasteiger charge is -2.31. The summed E-state index contributed by atoms with van der Waals surface area (Å²) in [5, 5.41) is 0. The Morgan fingerprint density at radius 3 is 2.50 bits per heavy atom. The summed E-state index contributed by atoms with van der Waals surface area (Å²) in [4.78, 5) is 11.0. The van der Waals surface area contributed by atoms with Gasteiger partial charge in [-0.2, -0.15) is 0 Å². The Morgan fingerprint density at radius 1 is 1.08 bits per heavy atom. The fourth-order valence-corrected chi connectivity index (χ4v) is 3.99. The van der Waals surface area contributed by atoms with Crippen molar-refractivity contribution in [2.45, 2.75) is 38.6 Å². The Balaban J connectivity index is 1.36. The lowest BCUT2D eigenvalue weighted by atomic mass is 9.95. The molecule has 4 heteroatoms. The molecular formula is C22H28N4. The van der Waals surface area contributed by atoms with Crippen LogP contribution in [0.4, 0.5) is 0 Å². The Hall–Kier alpha value is -2.17. The van der Waals surface area contributed by atoms with Crippen molar-refractivity contribution in [2.75, 3.05) is 19.6 Å². The number of nitrogens with one attached hydrogen (secondary N) is 1. The van der Waals surface area contributed by atoms with E-state index in [9.17, 15) is 0 Å². The molecule has 0 unspecified atom stereocenters. The molecule has 1 aromatic heterocycles. The summed E-state index contributed by atoms with van der Waals surface area (Å²) in [6.07, 6.45) is 3.30. The maximum absolute atomic E-state index is 5.63. The van der Waals surface area contributed by atoms with E-state index in [-0.39, 0.29) is 0 Å². The Bertz CT molecular complexity index is 857. The second-order valence-corrected chi connectivity index (χ2v) is 7.50. The first-order valence-electron chi connectivity index (χ1n) is 9.68. The SMILES string of the molecule is Cc1cccc2[nH]c(C3CCN(Cc4ccc(CCN)cc4)CC3)nc12. The van der Waals surface area contributed by atoms with E-state index >= 15 is 0 Å². The van der Waals surface area contributed by atoms with Crippen LogP contribution in [0.5, 0.6) is 0 Å². The van der Waals surface area contributed by atoms with Gasteiger partial charge in [0.15, 0.2) is 0 Å². The minimum atomic E-state index is 0.546. The summed E-state index contributed by atoms with van der Waals surface area (Å²) in [6, 6.07) is 15.3. The maximum atomic E-state index is 5.63. The second kappa shape index (κ2) is 7.60. The van der Waals surface area contributed by atoms with E-state index in [1.165, 1.54) is 40.9 Å². The molecule has 0 bridgehead atoms. The van der Waals surface area contributed by atoms with E-state index in [4.69, 9.17) is 10.7 Å². The zero-order chi connectivity index (χ0) is 17.9. The van der Waals surface area contributed by atoms with E-state index in [2.05, 4.69) is 59.3 Å². The van der Waals surface area contributed by atoms with Crippen LogP contribution >= 0.6 is 0 Å². The number of H-pyrrole nitrogens is 1. The number of hydrogen-bond acceptors (Lipinski definition) is 3. The summed E-state index contributed by atoms with van der Waals surface area (Å²) in [5.41, 5.74) is 11.9. The molecule has 0 aliphatic carbocycles. The van der Waals surface area contributed by atoms with Crippen LogP contribution in [-0.2, 0) is 13.0 Å². The molecule has 4 rings (SSSR count). The number of nitrogens with zero attached hydrogens (tertiary/aromatic N) is 2. The molecule has 0 saturated carbocycles. The number of piperidine rings is 1. The fourth-order valence-electron chi connectivity index (χ4n) is 3.99. The van der Waals surface area contributed by atoms with E-state index < -0.39 is 0 Å². The van der Waals surface area contributed by atoms with Gasteiger partial charge in [0.25, 0.3) is 0 Å². The number of likely N-dealkylation sites (tertiary alicyclic amines) is 1. The molecule has 1 saturated heterocycles. The van der Waals surface area contributed by atoms with E-state index in [1.54, 1.807) is 0 Å². The molecule has 0 atom stereocenters. The van der Waals surface area contributed by atoms with E-state index in [0.29, 0.717) is 12.5 Å². The van der Waals surface area contributed by atoms with Gasteiger partial charge >= 0.3 is 0 Å². The van der Waals surface area contributed by atoms with Crippen molar-refractivity contribution in [1.29, 1.82) is 0 Å². The van der Waals surface area contributed by atoms with Gasteiger partial charge in [0.1, 0.15) is 5.82 Å². The topological polar surface area (TPSA) is 57.9 Å². The van der Waals surface area contributed by atoms with Crippen LogP contribution in [0.25, 0.3) is 11.0 Å². The van der Waals surface area contributed by atoms with Gasteiger partial charge in [-0.05, 0) is 68.6 Å². The van der Waals surface area contributed by atoms with Crippen molar-refractivity contribution >= 4 is 11.0 Å². The zero-order valence-electron chi connectivity index (χ0n) is 15.5. The molecule has 1 fully saturated rings. The fraction of sp³-hybridized carbons (Fsp3) is 0.409. The monoisotopic (exact) mass is 348 g/mol. The van der Waals surface area contributed by atoms with Crippen LogP contribution in [0.15, 0.2) is 42.5 Å². The average Bonchev–Trinajstić information content (AvgIpc) is 3.10. The first-order chi connectivity index (χ1) is 12.7. The molecule has 1 aliphatic rings. The highest BCUT2D eigenvalue weighted by Crippen LogP contribution is 2.29. The van der Waals surface area contributed by atoms with Crippen LogP contribution in [0, 0.1) is 6.92 Å². The van der Waals surface area contributed by atoms with Crippen molar-refractivity contribution in [2.24, 2.45) is 5.73 Å². The van der Waals surface area contributed by atoms with Crippen molar-refractivity contribution in [3.63, 3.8) is 0 Å². The van der Waals surface area contributed by atoms with Gasteiger partial charge in [0.2, 0.25) is 0 Å². The Labute approximate surface area is 155 Å². The predicted octanol–water partition coefficient (Wildman–Crippen LogP) is 3.75. The minimum absolute atomic E-state index is 0.546. The predicted molar refractivity (Wildman–Crippen MR) is 107 cm³/mol. The molecule has 0 spiro atoms. The molecule has 0 amide bonds. The summed E-state index contributed by atoms with van der Waals surface area (Å²) in [6.45, 7) is 6.15. The van der Waals surface area contributed by atoms with E-state index in [1.807, 2.05) is 0 Å². The third-order valence-electron chi connectivity index (χ3n) is 5.57. The number of aromatic amines is 1. The van der Waals surface area contributed by atoms with Gasteiger partial charge in [0.05, 0.1) is 11.0 Å². The molecule has 2 aromatic carbocycles. The maximum Gasteiger partial charge on any atom is 0.110 e. The lowest BCUT2D eigenvalue weighted by molar-refractivity contribution is 0.202. The van der Waals surface area contributed by atoms with Crippen molar-refractivity contribution in [1.82, 2.24) is 14.9 Å². The molecular weight excluding hydrogens is 320 g/mol. The standard InChI is InChI=1S/C22H28N4/c1-16-3-2-4-20-21(16)25-22(24-20)19-10-13-26(14-11-19)15-18-7-5-17(6-8-18)9-12-23/h2-8,19H,9-15,23H2,1H3,(H,24,25). The summed E-state index contributed by atoms with van der Waals surface area (Å²) in [5.74, 6) is 1.71. The highest BCUT2D eigenvalue weighted by Gasteiger charge is 2.23. The summed E-state index contributed by atoms with van der Waals surface area (Å²) >= 11 is 0. The highest BCUT2D eigenvalue weighted by molar-refractivity contribution is 5.78. The van der Waals surface area contributed by atoms with E-state index in [0.717, 1.165) is 31.6 Å². The molecule has 4 nitrogen and oxygen atoms in total. The number of aromatic nitrogens is 2. The zero-order valence-corrected chi connectivity index (χ0v) is 15.5. The van der Waals surface area contributed by atoms with Crippen LogP contribution in [0.1, 0.15) is 41.3 Å². The van der Waals surface area contributed by atoms with Crippen LogP contribution in [-0.4, -0.2) is 34.5 Å². The van der Waals surface area contributed by atoms with Gasteiger partial charge in [0, 0.05) is 12.5 Å². The van der Waals surface area contributed by atoms with Gasteiger partial charge in [-0.1, -0.05) is 36.4 Å². The van der Waals surface area contributed by atoms with Gasteiger partial charge in [-0.3, -0.25) is 4.90 Å². The Morgan fingerprint density at radius 2 is 1.81 bits per heavy atom. The summed E-state index contributed by atoms with van der Waals surface area (Å²) < 4.78 is 0. The number of fused-ring (bicyclic) bond motifs is 1. The summed E-state index contributed by atoms with van der Waals surface area (Å²) in [7, 11) is 0. The molecule has 136 valence electrons.